The van der Waals surface area contributed by atoms with Crippen molar-refractivity contribution in [1.82, 2.24) is 4.90 Å². The lowest BCUT2D eigenvalue weighted by Gasteiger charge is -2.34. The lowest BCUT2D eigenvalue weighted by atomic mass is 10.2. The van der Waals surface area contributed by atoms with Crippen LogP contribution in [-0.4, -0.2) is 43.2 Å². The largest absolute Gasteiger partial charge is 0.377 e. The Morgan fingerprint density at radius 1 is 1.69 bits per heavy atom. The van der Waals surface area contributed by atoms with Crippen molar-refractivity contribution >= 4 is 17.2 Å². The van der Waals surface area contributed by atoms with Crippen LogP contribution in [0.4, 0.5) is 0 Å². The van der Waals surface area contributed by atoms with Crippen molar-refractivity contribution in [1.29, 1.82) is 0 Å². The van der Waals surface area contributed by atoms with Gasteiger partial charge in [0.15, 0.2) is 0 Å². The van der Waals surface area contributed by atoms with Gasteiger partial charge in [0.25, 0.3) is 5.91 Å². The lowest BCUT2D eigenvalue weighted by Crippen LogP contribution is -2.51. The number of nitrogens with two attached hydrogens (primary N) is 1. The van der Waals surface area contributed by atoms with Crippen molar-refractivity contribution < 1.29 is 9.53 Å². The zero-order chi connectivity index (χ0) is 11.5. The molecule has 1 aromatic rings. The first kappa shape index (κ1) is 11.6. The van der Waals surface area contributed by atoms with Crippen LogP contribution in [0.3, 0.4) is 0 Å². The molecule has 2 rings (SSSR count). The molecular formula is C11H16N2O2S. The number of morpholine rings is 1. The summed E-state index contributed by atoms with van der Waals surface area (Å²) in [5.74, 6) is 0.0804. The van der Waals surface area contributed by atoms with Crippen LogP contribution in [-0.2, 0) is 4.74 Å². The molecule has 1 aliphatic rings. The van der Waals surface area contributed by atoms with Crippen molar-refractivity contribution in [2.24, 2.45) is 5.73 Å². The summed E-state index contributed by atoms with van der Waals surface area (Å²) in [5, 5.41) is 0. The van der Waals surface area contributed by atoms with Gasteiger partial charge in [-0.3, -0.25) is 4.79 Å². The first-order valence-electron chi connectivity index (χ1n) is 5.37. The Balaban J connectivity index is 2.13. The van der Waals surface area contributed by atoms with E-state index in [-0.39, 0.29) is 11.9 Å². The fraction of sp³-hybridized carbons (Fsp3) is 0.545. The monoisotopic (exact) mass is 240 g/mol. The maximum Gasteiger partial charge on any atom is 0.264 e. The Bertz CT molecular complexity index is 378. The number of thiophene rings is 1. The van der Waals surface area contributed by atoms with E-state index >= 15 is 0 Å². The zero-order valence-corrected chi connectivity index (χ0v) is 10.1. The number of carbonyl (C=O) groups excluding carboxylic acids is 1. The van der Waals surface area contributed by atoms with Crippen molar-refractivity contribution in [3.8, 4) is 0 Å². The lowest BCUT2D eigenvalue weighted by molar-refractivity contribution is 0.00111. The first-order chi connectivity index (χ1) is 7.72. The molecule has 2 heterocycles. The summed E-state index contributed by atoms with van der Waals surface area (Å²) < 4.78 is 5.32. The van der Waals surface area contributed by atoms with E-state index in [9.17, 15) is 4.79 Å². The summed E-state index contributed by atoms with van der Waals surface area (Å²) in [4.78, 5) is 16.0. The van der Waals surface area contributed by atoms with E-state index in [2.05, 4.69) is 0 Å². The molecule has 5 heteroatoms. The van der Waals surface area contributed by atoms with Crippen molar-refractivity contribution in [2.75, 3.05) is 26.3 Å². The second-order valence-corrected chi connectivity index (χ2v) is 5.16. The predicted molar refractivity (Wildman–Crippen MR) is 63.8 cm³/mol. The number of rotatable bonds is 2. The SMILES string of the molecule is Cc1ccc(C(=O)N2CCOCC2CN)s1. The quantitative estimate of drug-likeness (QED) is 0.834. The highest BCUT2D eigenvalue weighted by Crippen LogP contribution is 2.19. The van der Waals surface area contributed by atoms with Gasteiger partial charge in [-0.1, -0.05) is 0 Å². The van der Waals surface area contributed by atoms with E-state index < -0.39 is 0 Å². The van der Waals surface area contributed by atoms with Gasteiger partial charge in [-0.05, 0) is 19.1 Å². The predicted octanol–water partition coefficient (Wildman–Crippen LogP) is 0.856. The summed E-state index contributed by atoms with van der Waals surface area (Å²) in [6.07, 6.45) is 0. The number of aryl methyl sites for hydroxylation is 1. The molecule has 1 aliphatic heterocycles. The number of nitrogens with zero attached hydrogens (tertiary/aromatic N) is 1. The number of amides is 1. The van der Waals surface area contributed by atoms with Crippen LogP contribution in [0.5, 0.6) is 0 Å². The maximum absolute atomic E-state index is 12.2. The minimum Gasteiger partial charge on any atom is -0.377 e. The molecule has 0 spiro atoms. The number of ether oxygens (including phenoxy) is 1. The van der Waals surface area contributed by atoms with Gasteiger partial charge in [-0.15, -0.1) is 11.3 Å². The van der Waals surface area contributed by atoms with Gasteiger partial charge in [0.05, 0.1) is 24.1 Å². The standard InChI is InChI=1S/C11H16N2O2S/c1-8-2-3-10(16-8)11(14)13-4-5-15-7-9(13)6-12/h2-3,9H,4-7,12H2,1H3. The second kappa shape index (κ2) is 4.95. The van der Waals surface area contributed by atoms with Crippen LogP contribution in [0, 0.1) is 6.92 Å². The van der Waals surface area contributed by atoms with Gasteiger partial charge in [0, 0.05) is 18.0 Å². The van der Waals surface area contributed by atoms with Gasteiger partial charge < -0.3 is 15.4 Å². The van der Waals surface area contributed by atoms with Gasteiger partial charge in [-0.2, -0.15) is 0 Å². The maximum atomic E-state index is 12.2. The highest BCUT2D eigenvalue weighted by molar-refractivity contribution is 7.13. The molecule has 1 saturated heterocycles. The Hall–Kier alpha value is -0.910. The molecule has 0 aromatic carbocycles. The third-order valence-corrected chi connectivity index (χ3v) is 3.70. The molecule has 1 unspecified atom stereocenters. The minimum absolute atomic E-state index is 0.0173. The summed E-state index contributed by atoms with van der Waals surface area (Å²) >= 11 is 1.53. The molecule has 1 amide bonds. The molecular weight excluding hydrogens is 224 g/mol. The normalized spacial score (nSPS) is 21.1. The zero-order valence-electron chi connectivity index (χ0n) is 9.31. The molecule has 88 valence electrons. The Kier molecular flexibility index (Phi) is 3.58. The molecule has 1 aromatic heterocycles. The van der Waals surface area contributed by atoms with Crippen LogP contribution in [0.1, 0.15) is 14.5 Å². The summed E-state index contributed by atoms with van der Waals surface area (Å²) in [7, 11) is 0. The van der Waals surface area contributed by atoms with E-state index in [4.69, 9.17) is 10.5 Å². The topological polar surface area (TPSA) is 55.6 Å². The summed E-state index contributed by atoms with van der Waals surface area (Å²) in [6, 6.07) is 3.87. The van der Waals surface area contributed by atoms with E-state index in [1.807, 2.05) is 24.0 Å². The number of hydrogen-bond acceptors (Lipinski definition) is 4. The highest BCUT2D eigenvalue weighted by Gasteiger charge is 2.27. The third-order valence-electron chi connectivity index (χ3n) is 2.71. The van der Waals surface area contributed by atoms with Gasteiger partial charge in [-0.25, -0.2) is 0 Å². The van der Waals surface area contributed by atoms with Crippen LogP contribution in [0.25, 0.3) is 0 Å². The summed E-state index contributed by atoms with van der Waals surface area (Å²) in [6.45, 7) is 4.24. The second-order valence-electron chi connectivity index (χ2n) is 3.87. The number of hydrogen-bond donors (Lipinski definition) is 1. The van der Waals surface area contributed by atoms with Crippen LogP contribution < -0.4 is 5.73 Å². The molecule has 0 radical (unpaired) electrons. The van der Waals surface area contributed by atoms with Gasteiger partial charge in [0.1, 0.15) is 0 Å². The highest BCUT2D eigenvalue weighted by atomic mass is 32.1. The molecule has 0 saturated carbocycles. The van der Waals surface area contributed by atoms with Gasteiger partial charge in [0.2, 0.25) is 0 Å². The van der Waals surface area contributed by atoms with Crippen molar-refractivity contribution in [3.05, 3.63) is 21.9 Å². The minimum atomic E-state index is 0.0173. The molecule has 0 aliphatic carbocycles. The molecule has 4 nitrogen and oxygen atoms in total. The molecule has 1 atom stereocenters. The van der Waals surface area contributed by atoms with Crippen molar-refractivity contribution in [3.63, 3.8) is 0 Å². The van der Waals surface area contributed by atoms with E-state index in [0.29, 0.717) is 26.3 Å². The smallest absolute Gasteiger partial charge is 0.264 e. The average molecular weight is 240 g/mol. The van der Waals surface area contributed by atoms with E-state index in [0.717, 1.165) is 9.75 Å². The molecule has 0 bridgehead atoms. The van der Waals surface area contributed by atoms with Crippen molar-refractivity contribution in [2.45, 2.75) is 13.0 Å². The van der Waals surface area contributed by atoms with Gasteiger partial charge >= 0.3 is 0 Å². The molecule has 2 N–H and O–H groups in total. The summed E-state index contributed by atoms with van der Waals surface area (Å²) in [5.41, 5.74) is 5.64. The molecule has 16 heavy (non-hydrogen) atoms. The first-order valence-corrected chi connectivity index (χ1v) is 6.19. The van der Waals surface area contributed by atoms with E-state index in [1.165, 1.54) is 11.3 Å². The van der Waals surface area contributed by atoms with Crippen LogP contribution in [0.2, 0.25) is 0 Å². The number of carbonyl (C=O) groups is 1. The van der Waals surface area contributed by atoms with E-state index in [1.54, 1.807) is 0 Å². The third kappa shape index (κ3) is 2.26. The fourth-order valence-corrected chi connectivity index (χ4v) is 2.63. The van der Waals surface area contributed by atoms with Crippen LogP contribution in [0.15, 0.2) is 12.1 Å². The Labute approximate surface area is 99.0 Å². The Morgan fingerprint density at radius 2 is 2.50 bits per heavy atom. The fourth-order valence-electron chi connectivity index (χ4n) is 1.81. The Morgan fingerprint density at radius 3 is 3.12 bits per heavy atom. The molecule has 1 fully saturated rings. The average Bonchev–Trinajstić information content (AvgIpc) is 2.75. The van der Waals surface area contributed by atoms with Crippen LogP contribution >= 0.6 is 11.3 Å².